The number of carbonyl (C=O) groups is 1. The van der Waals surface area contributed by atoms with Crippen LogP contribution in [0.3, 0.4) is 0 Å². The van der Waals surface area contributed by atoms with E-state index < -0.39 is 0 Å². The van der Waals surface area contributed by atoms with E-state index in [0.717, 1.165) is 11.8 Å². The van der Waals surface area contributed by atoms with Crippen LogP contribution in [0.4, 0.5) is 0 Å². The highest BCUT2D eigenvalue weighted by atomic mass is 16.3. The third-order valence-electron chi connectivity index (χ3n) is 3.97. The fourth-order valence-corrected chi connectivity index (χ4v) is 3.13. The summed E-state index contributed by atoms with van der Waals surface area (Å²) < 4.78 is 4.98. The van der Waals surface area contributed by atoms with Gasteiger partial charge in [-0.25, -0.2) is 5.43 Å². The van der Waals surface area contributed by atoms with Crippen molar-refractivity contribution in [3.05, 3.63) is 24.2 Å². The first kappa shape index (κ1) is 10.6. The molecule has 1 aromatic rings. The number of fused-ring (bicyclic) bond motifs is 2. The SMILES string of the molecule is O=C(N/N=C\[C@@H]1C[C@H]2CC[C@H]1C2)c1ccco1. The minimum Gasteiger partial charge on any atom is -0.459 e. The van der Waals surface area contributed by atoms with Gasteiger partial charge < -0.3 is 4.42 Å². The van der Waals surface area contributed by atoms with Crippen molar-refractivity contribution >= 4 is 12.1 Å². The molecule has 2 fully saturated rings. The van der Waals surface area contributed by atoms with Crippen LogP contribution in [0.5, 0.6) is 0 Å². The van der Waals surface area contributed by atoms with E-state index in [1.165, 1.54) is 31.9 Å². The number of carbonyl (C=O) groups excluding carboxylic acids is 1. The minimum atomic E-state index is -0.283. The number of furan rings is 1. The molecule has 0 radical (unpaired) electrons. The maximum Gasteiger partial charge on any atom is 0.307 e. The number of nitrogens with zero attached hydrogens (tertiary/aromatic N) is 1. The van der Waals surface area contributed by atoms with Crippen molar-refractivity contribution in [2.45, 2.75) is 25.7 Å². The highest BCUT2D eigenvalue weighted by Gasteiger charge is 2.38. The van der Waals surface area contributed by atoms with Gasteiger partial charge in [0.2, 0.25) is 0 Å². The topological polar surface area (TPSA) is 54.6 Å². The van der Waals surface area contributed by atoms with E-state index in [1.807, 2.05) is 6.21 Å². The van der Waals surface area contributed by atoms with E-state index >= 15 is 0 Å². The highest BCUT2D eigenvalue weighted by molar-refractivity contribution is 5.91. The van der Waals surface area contributed by atoms with E-state index in [2.05, 4.69) is 10.5 Å². The lowest BCUT2D eigenvalue weighted by Crippen LogP contribution is -2.19. The third-order valence-corrected chi connectivity index (χ3v) is 3.97. The molecule has 1 amide bonds. The number of hydrogen-bond acceptors (Lipinski definition) is 3. The Hall–Kier alpha value is -1.58. The van der Waals surface area contributed by atoms with Crippen LogP contribution in [0.1, 0.15) is 36.2 Å². The van der Waals surface area contributed by atoms with Gasteiger partial charge in [-0.05, 0) is 49.1 Å². The van der Waals surface area contributed by atoms with Crippen LogP contribution in [0.15, 0.2) is 27.9 Å². The van der Waals surface area contributed by atoms with E-state index in [9.17, 15) is 4.79 Å². The summed E-state index contributed by atoms with van der Waals surface area (Å²) in [5.41, 5.74) is 2.51. The molecule has 4 nitrogen and oxygen atoms in total. The van der Waals surface area contributed by atoms with E-state index in [0.29, 0.717) is 11.7 Å². The van der Waals surface area contributed by atoms with Gasteiger partial charge in [0.25, 0.3) is 0 Å². The number of amides is 1. The summed E-state index contributed by atoms with van der Waals surface area (Å²) in [5, 5.41) is 4.04. The van der Waals surface area contributed by atoms with Gasteiger partial charge in [0.15, 0.2) is 5.76 Å². The molecule has 0 spiro atoms. The molecule has 3 rings (SSSR count). The molecule has 0 aromatic carbocycles. The van der Waals surface area contributed by atoms with Gasteiger partial charge in [0.05, 0.1) is 6.26 Å². The number of nitrogens with one attached hydrogen (secondary N) is 1. The van der Waals surface area contributed by atoms with Crippen molar-refractivity contribution in [3.8, 4) is 0 Å². The standard InChI is InChI=1S/C13H16N2O2/c16-13(12-2-1-5-17-12)15-14-8-11-7-9-3-4-10(11)6-9/h1-2,5,8-11H,3-4,6-7H2,(H,15,16)/b14-8-/t9-,10-,11-/m0/s1. The average Bonchev–Trinajstić information content (AvgIpc) is 3.06. The summed E-state index contributed by atoms with van der Waals surface area (Å²) in [4.78, 5) is 11.5. The highest BCUT2D eigenvalue weighted by Crippen LogP contribution is 2.47. The van der Waals surface area contributed by atoms with Crippen LogP contribution in [0, 0.1) is 17.8 Å². The Labute approximate surface area is 100 Å². The van der Waals surface area contributed by atoms with Crippen molar-refractivity contribution in [2.24, 2.45) is 22.9 Å². The van der Waals surface area contributed by atoms with Crippen molar-refractivity contribution < 1.29 is 9.21 Å². The molecule has 1 aromatic heterocycles. The van der Waals surface area contributed by atoms with Crippen molar-refractivity contribution in [1.82, 2.24) is 5.43 Å². The quantitative estimate of drug-likeness (QED) is 0.642. The van der Waals surface area contributed by atoms with Crippen molar-refractivity contribution in [1.29, 1.82) is 0 Å². The van der Waals surface area contributed by atoms with Gasteiger partial charge >= 0.3 is 5.91 Å². The monoisotopic (exact) mass is 232 g/mol. The molecule has 2 aliphatic carbocycles. The Morgan fingerprint density at radius 3 is 3.06 bits per heavy atom. The van der Waals surface area contributed by atoms with Crippen LogP contribution in [0.25, 0.3) is 0 Å². The maximum absolute atomic E-state index is 11.5. The molecule has 0 aliphatic heterocycles. The second-order valence-corrected chi connectivity index (χ2v) is 5.04. The zero-order valence-electron chi connectivity index (χ0n) is 9.63. The Bertz CT molecular complexity index is 425. The van der Waals surface area contributed by atoms with Crippen LogP contribution in [-0.2, 0) is 0 Å². The lowest BCUT2D eigenvalue weighted by Gasteiger charge is -2.16. The second-order valence-electron chi connectivity index (χ2n) is 5.04. The first-order chi connectivity index (χ1) is 8.33. The van der Waals surface area contributed by atoms with Crippen molar-refractivity contribution in [2.75, 3.05) is 0 Å². The summed E-state index contributed by atoms with van der Waals surface area (Å²) in [7, 11) is 0. The van der Waals surface area contributed by atoms with Crippen LogP contribution in [-0.4, -0.2) is 12.1 Å². The minimum absolute atomic E-state index is 0.283. The average molecular weight is 232 g/mol. The Morgan fingerprint density at radius 2 is 2.41 bits per heavy atom. The van der Waals surface area contributed by atoms with E-state index in [4.69, 9.17) is 4.42 Å². The molecule has 0 unspecified atom stereocenters. The van der Waals surface area contributed by atoms with Gasteiger partial charge in [-0.1, -0.05) is 6.42 Å². The summed E-state index contributed by atoms with van der Waals surface area (Å²) in [6.45, 7) is 0. The first-order valence-electron chi connectivity index (χ1n) is 6.20. The zero-order chi connectivity index (χ0) is 11.7. The number of hydrazone groups is 1. The fraction of sp³-hybridized carbons (Fsp3) is 0.538. The Kier molecular flexibility index (Phi) is 2.71. The second kappa shape index (κ2) is 4.35. The summed E-state index contributed by atoms with van der Waals surface area (Å²) >= 11 is 0. The lowest BCUT2D eigenvalue weighted by atomic mass is 9.90. The predicted molar refractivity (Wildman–Crippen MR) is 63.6 cm³/mol. The molecular formula is C13H16N2O2. The van der Waals surface area contributed by atoms with Gasteiger partial charge in [-0.2, -0.15) is 5.10 Å². The predicted octanol–water partition coefficient (Wildman–Crippen LogP) is 2.43. The maximum atomic E-state index is 11.5. The van der Waals surface area contributed by atoms with Gasteiger partial charge in [-0.3, -0.25) is 4.79 Å². The lowest BCUT2D eigenvalue weighted by molar-refractivity contribution is 0.0927. The Morgan fingerprint density at radius 1 is 1.47 bits per heavy atom. The largest absolute Gasteiger partial charge is 0.459 e. The van der Waals surface area contributed by atoms with Crippen molar-refractivity contribution in [3.63, 3.8) is 0 Å². The zero-order valence-corrected chi connectivity index (χ0v) is 9.63. The van der Waals surface area contributed by atoms with Gasteiger partial charge in [0, 0.05) is 6.21 Å². The molecule has 4 heteroatoms. The van der Waals surface area contributed by atoms with E-state index in [1.54, 1.807) is 12.1 Å². The fourth-order valence-electron chi connectivity index (χ4n) is 3.13. The summed E-state index contributed by atoms with van der Waals surface area (Å²) in [6, 6.07) is 3.32. The molecule has 0 saturated heterocycles. The molecule has 1 heterocycles. The molecule has 3 atom stereocenters. The van der Waals surface area contributed by atoms with Crippen LogP contribution in [0.2, 0.25) is 0 Å². The molecule has 2 bridgehead atoms. The smallest absolute Gasteiger partial charge is 0.307 e. The van der Waals surface area contributed by atoms with Crippen LogP contribution < -0.4 is 5.43 Å². The third kappa shape index (κ3) is 2.12. The molecular weight excluding hydrogens is 216 g/mol. The molecule has 90 valence electrons. The van der Waals surface area contributed by atoms with Crippen LogP contribution >= 0.6 is 0 Å². The van der Waals surface area contributed by atoms with Gasteiger partial charge in [0.1, 0.15) is 0 Å². The molecule has 2 saturated carbocycles. The molecule has 2 aliphatic rings. The van der Waals surface area contributed by atoms with Gasteiger partial charge in [-0.15, -0.1) is 0 Å². The number of hydrogen-bond donors (Lipinski definition) is 1. The number of rotatable bonds is 3. The van der Waals surface area contributed by atoms with E-state index in [-0.39, 0.29) is 5.91 Å². The Balaban J connectivity index is 1.53. The first-order valence-corrected chi connectivity index (χ1v) is 6.20. The summed E-state index contributed by atoms with van der Waals surface area (Å²) in [6.07, 6.45) is 8.69. The molecule has 17 heavy (non-hydrogen) atoms. The normalized spacial score (nSPS) is 31.2. The summed E-state index contributed by atoms with van der Waals surface area (Å²) in [5.74, 6) is 2.27. The molecule has 1 N–H and O–H groups in total.